The van der Waals surface area contributed by atoms with Crippen LogP contribution in [0, 0.1) is 6.92 Å². The van der Waals surface area contributed by atoms with E-state index in [0.717, 1.165) is 22.6 Å². The van der Waals surface area contributed by atoms with Crippen LogP contribution in [0.4, 0.5) is 5.69 Å². The zero-order valence-corrected chi connectivity index (χ0v) is 23.0. The Morgan fingerprint density at radius 3 is 2.47 bits per heavy atom. The molecule has 0 fully saturated rings. The molecule has 2 N–H and O–H groups in total. The number of thioether (sulfide) groups is 1. The molecular weight excluding hydrogens is 579 g/mol. The number of anilines is 1. The maximum atomic E-state index is 13.2. The molecule has 5 nitrogen and oxygen atoms in total. The van der Waals surface area contributed by atoms with Crippen LogP contribution in [0.1, 0.15) is 11.1 Å². The molecule has 0 unspecified atom stereocenters. The number of hydrogen-bond donors (Lipinski definition) is 2. The lowest BCUT2D eigenvalue weighted by atomic mass is 10.2. The van der Waals surface area contributed by atoms with E-state index in [1.54, 1.807) is 60.3 Å². The number of nitrogens with one attached hydrogen (secondary N) is 2. The van der Waals surface area contributed by atoms with Crippen molar-refractivity contribution < 1.29 is 13.2 Å². The number of hydrogen-bond acceptors (Lipinski definition) is 5. The molecule has 1 amide bonds. The van der Waals surface area contributed by atoms with Crippen LogP contribution in [0.15, 0.2) is 74.9 Å². The van der Waals surface area contributed by atoms with Crippen molar-refractivity contribution in [1.82, 2.24) is 5.32 Å². The fourth-order valence-electron chi connectivity index (χ4n) is 3.08. The predicted molar refractivity (Wildman–Crippen MR) is 145 cm³/mol. The van der Waals surface area contributed by atoms with Crippen LogP contribution in [0.5, 0.6) is 0 Å². The van der Waals surface area contributed by atoms with Gasteiger partial charge < -0.3 is 10.6 Å². The van der Waals surface area contributed by atoms with Gasteiger partial charge in [-0.25, -0.2) is 8.42 Å². The third kappa shape index (κ3) is 7.15. The maximum absolute atomic E-state index is 13.2. The Balaban J connectivity index is 1.54. The van der Waals surface area contributed by atoms with Gasteiger partial charge in [0.1, 0.15) is 4.90 Å². The van der Waals surface area contributed by atoms with E-state index in [9.17, 15) is 13.2 Å². The van der Waals surface area contributed by atoms with Gasteiger partial charge in [0.25, 0.3) is 0 Å². The van der Waals surface area contributed by atoms with E-state index in [0.29, 0.717) is 26.8 Å². The average Bonchev–Trinajstić information content (AvgIpc) is 2.80. The molecule has 0 radical (unpaired) electrons. The first-order valence-corrected chi connectivity index (χ1v) is 14.5. The Morgan fingerprint density at radius 1 is 1.03 bits per heavy atom. The Labute approximate surface area is 222 Å². The van der Waals surface area contributed by atoms with E-state index >= 15 is 0 Å². The second-order valence-corrected chi connectivity index (χ2v) is 12.1. The van der Waals surface area contributed by atoms with E-state index < -0.39 is 9.84 Å². The molecule has 0 saturated heterocycles. The number of halogens is 3. The summed E-state index contributed by atoms with van der Waals surface area (Å²) in [4.78, 5) is 12.6. The molecule has 3 rings (SSSR count). The molecule has 0 aliphatic heterocycles. The summed E-state index contributed by atoms with van der Waals surface area (Å²) in [7, 11) is -3.78. The number of sulfone groups is 1. The summed E-state index contributed by atoms with van der Waals surface area (Å²) < 4.78 is 26.9. The highest BCUT2D eigenvalue weighted by Gasteiger charge is 2.24. The molecule has 0 bridgehead atoms. The highest BCUT2D eigenvalue weighted by molar-refractivity contribution is 9.10. The van der Waals surface area contributed by atoms with Crippen molar-refractivity contribution in [3.63, 3.8) is 0 Å². The number of carbonyl (C=O) groups excluding carboxylic acids is 1. The number of amides is 1. The van der Waals surface area contributed by atoms with Gasteiger partial charge in [-0.2, -0.15) is 11.8 Å². The van der Waals surface area contributed by atoms with E-state index in [4.69, 9.17) is 23.2 Å². The number of carbonyl (C=O) groups is 1. The first kappa shape index (κ1) is 26.9. The first-order chi connectivity index (χ1) is 16.2. The fourth-order valence-corrected chi connectivity index (χ4v) is 6.69. The maximum Gasteiger partial charge on any atom is 0.239 e. The lowest BCUT2D eigenvalue weighted by Crippen LogP contribution is -2.31. The summed E-state index contributed by atoms with van der Waals surface area (Å²) in [5.74, 6) is 1.24. The van der Waals surface area contributed by atoms with Crippen molar-refractivity contribution in [2.45, 2.75) is 22.5 Å². The number of rotatable bonds is 10. The smallest absolute Gasteiger partial charge is 0.239 e. The van der Waals surface area contributed by atoms with Crippen molar-refractivity contribution in [2.75, 3.05) is 24.2 Å². The zero-order chi connectivity index (χ0) is 24.7. The molecule has 10 heteroatoms. The normalized spacial score (nSPS) is 11.3. The van der Waals surface area contributed by atoms with Gasteiger partial charge in [-0.15, -0.1) is 0 Å². The molecule has 0 aliphatic rings. The van der Waals surface area contributed by atoms with Crippen LogP contribution in [-0.4, -0.2) is 33.2 Å². The van der Waals surface area contributed by atoms with Crippen molar-refractivity contribution in [1.29, 1.82) is 0 Å². The summed E-state index contributed by atoms with van der Waals surface area (Å²) in [5, 5.41) is 6.85. The molecule has 0 saturated carbocycles. The van der Waals surface area contributed by atoms with Crippen LogP contribution in [-0.2, 0) is 20.4 Å². The monoisotopic (exact) mass is 600 g/mol. The molecule has 3 aromatic carbocycles. The third-order valence-electron chi connectivity index (χ3n) is 4.83. The minimum atomic E-state index is -3.78. The summed E-state index contributed by atoms with van der Waals surface area (Å²) in [5.41, 5.74) is 2.39. The quantitative estimate of drug-likeness (QED) is 0.265. The number of benzene rings is 3. The first-order valence-electron chi connectivity index (χ1n) is 10.3. The summed E-state index contributed by atoms with van der Waals surface area (Å²) >= 11 is 17.0. The Kier molecular flexibility index (Phi) is 9.74. The molecule has 180 valence electrons. The van der Waals surface area contributed by atoms with Gasteiger partial charge in [0.2, 0.25) is 15.7 Å². The van der Waals surface area contributed by atoms with Crippen LogP contribution in [0.25, 0.3) is 0 Å². The molecule has 0 aromatic heterocycles. The Morgan fingerprint density at radius 2 is 1.76 bits per heavy atom. The van der Waals surface area contributed by atoms with Crippen molar-refractivity contribution in [2.24, 2.45) is 0 Å². The van der Waals surface area contributed by atoms with E-state index in [-0.39, 0.29) is 22.2 Å². The second kappa shape index (κ2) is 12.3. The van der Waals surface area contributed by atoms with Crippen LogP contribution in [0.2, 0.25) is 10.0 Å². The van der Waals surface area contributed by atoms with Gasteiger partial charge in [-0.05, 0) is 64.8 Å². The molecule has 34 heavy (non-hydrogen) atoms. The van der Waals surface area contributed by atoms with Gasteiger partial charge in [-0.3, -0.25) is 4.79 Å². The minimum absolute atomic E-state index is 0.0513. The molecule has 0 heterocycles. The average molecular weight is 602 g/mol. The Hall–Kier alpha value is -1.71. The van der Waals surface area contributed by atoms with Gasteiger partial charge in [0, 0.05) is 22.5 Å². The van der Waals surface area contributed by atoms with Crippen LogP contribution in [0.3, 0.4) is 0 Å². The SMILES string of the molecule is Cc1ccc(S(=O)(=O)c2c(Br)cccc2NCC(=O)NCCSCc2ccc(Cl)c(Cl)c2)cc1. The lowest BCUT2D eigenvalue weighted by molar-refractivity contribution is -0.119. The minimum Gasteiger partial charge on any atom is -0.375 e. The molecule has 0 aliphatic carbocycles. The van der Waals surface area contributed by atoms with Gasteiger partial charge in [-0.1, -0.05) is 53.0 Å². The van der Waals surface area contributed by atoms with Crippen LogP contribution < -0.4 is 10.6 Å². The second-order valence-electron chi connectivity index (χ2n) is 7.44. The Bertz CT molecular complexity index is 1270. The fraction of sp³-hybridized carbons (Fsp3) is 0.208. The zero-order valence-electron chi connectivity index (χ0n) is 18.3. The predicted octanol–water partition coefficient (Wildman–Crippen LogP) is 6.36. The van der Waals surface area contributed by atoms with Gasteiger partial charge in [0.05, 0.1) is 27.2 Å². The lowest BCUT2D eigenvalue weighted by Gasteiger charge is -2.14. The molecular formula is C24H23BrCl2N2O3S2. The standard InChI is InChI=1S/C24H23BrCl2N2O3S2/c1-16-5-8-18(9-6-16)34(31,32)24-19(25)3-2-4-22(24)29-14-23(30)28-11-12-33-15-17-7-10-20(26)21(27)13-17/h2-10,13,29H,11-12,14-15H2,1H3,(H,28,30). The molecule has 0 spiro atoms. The summed E-state index contributed by atoms with van der Waals surface area (Å²) in [6.07, 6.45) is 0. The molecule has 3 aromatic rings. The summed E-state index contributed by atoms with van der Waals surface area (Å²) in [6, 6.07) is 17.2. The van der Waals surface area contributed by atoms with E-state index in [1.807, 2.05) is 19.1 Å². The van der Waals surface area contributed by atoms with Crippen molar-refractivity contribution >= 4 is 72.3 Å². The highest BCUT2D eigenvalue weighted by atomic mass is 79.9. The van der Waals surface area contributed by atoms with Crippen LogP contribution >= 0.6 is 50.9 Å². The van der Waals surface area contributed by atoms with Crippen molar-refractivity contribution in [3.8, 4) is 0 Å². The third-order valence-corrected chi connectivity index (χ3v) is 9.39. The number of aryl methyl sites for hydroxylation is 1. The van der Waals surface area contributed by atoms with E-state index in [2.05, 4.69) is 26.6 Å². The van der Waals surface area contributed by atoms with E-state index in [1.165, 1.54) is 0 Å². The highest BCUT2D eigenvalue weighted by Crippen LogP contribution is 2.34. The van der Waals surface area contributed by atoms with Crippen molar-refractivity contribution in [3.05, 3.63) is 86.3 Å². The summed E-state index contributed by atoms with van der Waals surface area (Å²) in [6.45, 7) is 2.33. The van der Waals surface area contributed by atoms with Gasteiger partial charge >= 0.3 is 0 Å². The molecule has 0 atom stereocenters. The largest absolute Gasteiger partial charge is 0.375 e. The topological polar surface area (TPSA) is 75.3 Å². The van der Waals surface area contributed by atoms with Gasteiger partial charge in [0.15, 0.2) is 0 Å².